The van der Waals surface area contributed by atoms with E-state index in [0.29, 0.717) is 5.92 Å². The van der Waals surface area contributed by atoms with Gasteiger partial charge in [-0.2, -0.15) is 0 Å². The van der Waals surface area contributed by atoms with E-state index < -0.39 is 0 Å². The summed E-state index contributed by atoms with van der Waals surface area (Å²) in [6.07, 6.45) is 32.4. The van der Waals surface area contributed by atoms with E-state index >= 15 is 0 Å². The molecule has 174 valence electrons. The Morgan fingerprint density at radius 2 is 1.29 bits per heavy atom. The van der Waals surface area contributed by atoms with Crippen LogP contribution in [0.25, 0.3) is 0 Å². The fourth-order valence-electron chi connectivity index (χ4n) is 5.68. The van der Waals surface area contributed by atoms with Crippen molar-refractivity contribution in [2.45, 2.75) is 129 Å². The fraction of sp³-hybridized carbons (Fsp3) is 0.793. The van der Waals surface area contributed by atoms with E-state index in [2.05, 4.69) is 38.4 Å². The van der Waals surface area contributed by atoms with Crippen molar-refractivity contribution >= 4 is 0 Å². The first kappa shape index (κ1) is 24.5. The molecular weight excluding hydrogens is 376 g/mol. The SMILES string of the molecule is CCCCCCCc1cnc(C2CCC(/C=C/C3CCC(CCCC)CC3)CC2)nc1. The predicted octanol–water partition coefficient (Wildman–Crippen LogP) is 8.82. The number of allylic oxidation sites excluding steroid dienone is 2. The van der Waals surface area contributed by atoms with Gasteiger partial charge in [-0.3, -0.25) is 0 Å². The minimum absolute atomic E-state index is 0.581. The van der Waals surface area contributed by atoms with Crippen LogP contribution in [0.2, 0.25) is 0 Å². The minimum Gasteiger partial charge on any atom is -0.241 e. The molecule has 31 heavy (non-hydrogen) atoms. The molecular formula is C29H48N2. The van der Waals surface area contributed by atoms with Crippen LogP contribution in [0, 0.1) is 17.8 Å². The first-order valence-corrected chi connectivity index (χ1v) is 13.8. The molecule has 0 radical (unpaired) electrons. The summed E-state index contributed by atoms with van der Waals surface area (Å²) in [4.78, 5) is 9.52. The van der Waals surface area contributed by atoms with Crippen LogP contribution < -0.4 is 0 Å². The lowest BCUT2D eigenvalue weighted by atomic mass is 9.78. The highest BCUT2D eigenvalue weighted by Crippen LogP contribution is 2.36. The van der Waals surface area contributed by atoms with Crippen molar-refractivity contribution in [1.29, 1.82) is 0 Å². The second kappa shape index (κ2) is 14.1. The Morgan fingerprint density at radius 1 is 0.710 bits per heavy atom. The number of aryl methyl sites for hydroxylation is 1. The highest BCUT2D eigenvalue weighted by molar-refractivity contribution is 5.09. The van der Waals surface area contributed by atoms with E-state index in [0.717, 1.165) is 30.0 Å². The summed E-state index contributed by atoms with van der Waals surface area (Å²) in [5.74, 6) is 4.34. The number of rotatable bonds is 12. The lowest BCUT2D eigenvalue weighted by Gasteiger charge is -2.28. The van der Waals surface area contributed by atoms with Crippen LogP contribution in [-0.4, -0.2) is 9.97 Å². The summed E-state index contributed by atoms with van der Waals surface area (Å²) in [7, 11) is 0. The third kappa shape index (κ3) is 8.70. The van der Waals surface area contributed by atoms with E-state index in [4.69, 9.17) is 9.97 Å². The molecule has 1 aromatic heterocycles. The van der Waals surface area contributed by atoms with Crippen molar-refractivity contribution in [2.24, 2.45) is 17.8 Å². The molecule has 2 aliphatic rings. The standard InChI is InChI=1S/C29H48N2/c1-3-5-7-8-9-11-27-22-30-29(31-23-27)28-20-18-26(19-21-28)17-16-25-14-12-24(13-15-25)10-6-4-2/h16-17,22-26,28H,3-15,18-21H2,1-2H3/b17-16+. The molecule has 2 heteroatoms. The third-order valence-corrected chi connectivity index (χ3v) is 7.94. The van der Waals surface area contributed by atoms with Gasteiger partial charge in [0.05, 0.1) is 0 Å². The molecule has 3 rings (SSSR count). The molecule has 0 amide bonds. The Morgan fingerprint density at radius 3 is 1.90 bits per heavy atom. The number of hydrogen-bond donors (Lipinski definition) is 0. The summed E-state index contributed by atoms with van der Waals surface area (Å²) in [5, 5.41) is 0. The van der Waals surface area contributed by atoms with Crippen molar-refractivity contribution in [3.8, 4) is 0 Å². The van der Waals surface area contributed by atoms with Crippen molar-refractivity contribution in [2.75, 3.05) is 0 Å². The molecule has 0 spiro atoms. The molecule has 2 saturated carbocycles. The van der Waals surface area contributed by atoms with Crippen molar-refractivity contribution in [3.63, 3.8) is 0 Å². The molecule has 2 fully saturated rings. The van der Waals surface area contributed by atoms with Gasteiger partial charge in [-0.05, 0) is 87.5 Å². The van der Waals surface area contributed by atoms with Crippen LogP contribution in [0.15, 0.2) is 24.5 Å². The molecule has 0 saturated heterocycles. The fourth-order valence-corrected chi connectivity index (χ4v) is 5.68. The monoisotopic (exact) mass is 424 g/mol. The number of aromatic nitrogens is 2. The Bertz CT molecular complexity index is 604. The Labute approximate surface area is 192 Å². The molecule has 0 aliphatic heterocycles. The number of hydrogen-bond acceptors (Lipinski definition) is 2. The van der Waals surface area contributed by atoms with Crippen LogP contribution >= 0.6 is 0 Å². The zero-order chi connectivity index (χ0) is 21.7. The highest BCUT2D eigenvalue weighted by Gasteiger charge is 2.24. The smallest absolute Gasteiger partial charge is 0.131 e. The normalized spacial score (nSPS) is 27.0. The van der Waals surface area contributed by atoms with Gasteiger partial charge >= 0.3 is 0 Å². The van der Waals surface area contributed by atoms with Gasteiger partial charge in [0, 0.05) is 18.3 Å². The molecule has 0 bridgehead atoms. The predicted molar refractivity (Wildman–Crippen MR) is 133 cm³/mol. The lowest BCUT2D eigenvalue weighted by molar-refractivity contribution is 0.289. The molecule has 1 heterocycles. The van der Waals surface area contributed by atoms with E-state index in [9.17, 15) is 0 Å². The van der Waals surface area contributed by atoms with Gasteiger partial charge in [-0.25, -0.2) is 9.97 Å². The summed E-state index contributed by atoms with van der Waals surface area (Å²) in [5.41, 5.74) is 1.32. The van der Waals surface area contributed by atoms with Crippen LogP contribution in [-0.2, 0) is 6.42 Å². The maximum atomic E-state index is 4.76. The second-order valence-corrected chi connectivity index (χ2v) is 10.5. The van der Waals surface area contributed by atoms with Crippen molar-refractivity contribution in [3.05, 3.63) is 35.9 Å². The number of nitrogens with zero attached hydrogens (tertiary/aromatic N) is 2. The maximum Gasteiger partial charge on any atom is 0.131 e. The quantitative estimate of drug-likeness (QED) is 0.247. The maximum absolute atomic E-state index is 4.76. The van der Waals surface area contributed by atoms with Gasteiger partial charge in [0.15, 0.2) is 0 Å². The Balaban J connectivity index is 1.33. The van der Waals surface area contributed by atoms with E-state index in [1.165, 1.54) is 108 Å². The summed E-state index contributed by atoms with van der Waals surface area (Å²) in [6, 6.07) is 0. The van der Waals surface area contributed by atoms with Crippen LogP contribution in [0.5, 0.6) is 0 Å². The van der Waals surface area contributed by atoms with Crippen molar-refractivity contribution in [1.82, 2.24) is 9.97 Å². The van der Waals surface area contributed by atoms with Crippen LogP contribution in [0.1, 0.15) is 134 Å². The summed E-state index contributed by atoms with van der Waals surface area (Å²) in [6.45, 7) is 4.59. The van der Waals surface area contributed by atoms with E-state index in [1.807, 2.05) is 0 Å². The molecule has 0 unspecified atom stereocenters. The van der Waals surface area contributed by atoms with Gasteiger partial charge in [-0.1, -0.05) is 70.9 Å². The van der Waals surface area contributed by atoms with Crippen molar-refractivity contribution < 1.29 is 0 Å². The molecule has 0 N–H and O–H groups in total. The Hall–Kier alpha value is -1.18. The summed E-state index contributed by atoms with van der Waals surface area (Å²) < 4.78 is 0. The van der Waals surface area contributed by atoms with Gasteiger partial charge in [0.1, 0.15) is 5.82 Å². The first-order valence-electron chi connectivity index (χ1n) is 13.8. The van der Waals surface area contributed by atoms with E-state index in [1.54, 1.807) is 0 Å². The second-order valence-electron chi connectivity index (χ2n) is 10.5. The molecule has 1 aromatic rings. The topological polar surface area (TPSA) is 25.8 Å². The Kier molecular flexibility index (Phi) is 11.1. The highest BCUT2D eigenvalue weighted by atomic mass is 14.9. The molecule has 0 atom stereocenters. The van der Waals surface area contributed by atoms with Gasteiger partial charge in [-0.15, -0.1) is 0 Å². The zero-order valence-electron chi connectivity index (χ0n) is 20.5. The first-order chi connectivity index (χ1) is 15.3. The van der Waals surface area contributed by atoms with E-state index in [-0.39, 0.29) is 0 Å². The molecule has 2 nitrogen and oxygen atoms in total. The third-order valence-electron chi connectivity index (χ3n) is 7.94. The number of unbranched alkanes of at least 4 members (excludes halogenated alkanes) is 5. The average molecular weight is 425 g/mol. The van der Waals surface area contributed by atoms with Gasteiger partial charge < -0.3 is 0 Å². The van der Waals surface area contributed by atoms with Crippen LogP contribution in [0.4, 0.5) is 0 Å². The molecule has 2 aliphatic carbocycles. The zero-order valence-corrected chi connectivity index (χ0v) is 20.5. The minimum atomic E-state index is 0.581. The molecule has 0 aromatic carbocycles. The largest absolute Gasteiger partial charge is 0.241 e. The summed E-state index contributed by atoms with van der Waals surface area (Å²) >= 11 is 0. The van der Waals surface area contributed by atoms with Gasteiger partial charge in [0.2, 0.25) is 0 Å². The van der Waals surface area contributed by atoms with Gasteiger partial charge in [0.25, 0.3) is 0 Å². The van der Waals surface area contributed by atoms with Crippen LogP contribution in [0.3, 0.4) is 0 Å². The lowest BCUT2D eigenvalue weighted by Crippen LogP contribution is -2.15. The average Bonchev–Trinajstić information content (AvgIpc) is 2.83.